The number of carbonyl (C=O) groups is 1. The zero-order valence-corrected chi connectivity index (χ0v) is 5.82. The largest absolute Gasteiger partial charge is 0.298 e. The topological polar surface area (TPSA) is 41.8 Å². The van der Waals surface area contributed by atoms with E-state index < -0.39 is 0 Å². The Morgan fingerprint density at radius 3 is 3.18 bits per heavy atom. The van der Waals surface area contributed by atoms with Crippen molar-refractivity contribution in [3.63, 3.8) is 0 Å². The van der Waals surface area contributed by atoms with Crippen LogP contribution in [0.1, 0.15) is 15.9 Å². The Morgan fingerprint density at radius 2 is 2.36 bits per heavy atom. The fourth-order valence-electron chi connectivity index (χ4n) is 1.07. The van der Waals surface area contributed by atoms with Crippen molar-refractivity contribution >= 4 is 12.0 Å². The standard InChI is InChI=1S/C8H6N2O/c11-5-6-1-2-7-4-9-10-8(7)3-6/h1-3,5H,4H2. The predicted octanol–water partition coefficient (Wildman–Crippen LogP) is 2.10. The van der Waals surface area contributed by atoms with Gasteiger partial charge in [-0.05, 0) is 6.07 Å². The van der Waals surface area contributed by atoms with Gasteiger partial charge in [0.2, 0.25) is 0 Å². The van der Waals surface area contributed by atoms with Gasteiger partial charge in [0.15, 0.2) is 0 Å². The van der Waals surface area contributed by atoms with Crippen LogP contribution in [0.2, 0.25) is 0 Å². The minimum Gasteiger partial charge on any atom is -0.298 e. The van der Waals surface area contributed by atoms with E-state index in [0.29, 0.717) is 12.1 Å². The molecule has 0 aliphatic carbocycles. The van der Waals surface area contributed by atoms with Gasteiger partial charge in [-0.25, -0.2) is 0 Å². The SMILES string of the molecule is O=Cc1ccc2c(c1)N=NC2. The molecule has 0 fully saturated rings. The lowest BCUT2D eigenvalue weighted by Crippen LogP contribution is -1.80. The van der Waals surface area contributed by atoms with Gasteiger partial charge in [0.1, 0.15) is 6.29 Å². The van der Waals surface area contributed by atoms with Crippen LogP contribution < -0.4 is 0 Å². The Balaban J connectivity index is 2.55. The average Bonchev–Trinajstić information content (AvgIpc) is 2.50. The molecule has 0 spiro atoms. The monoisotopic (exact) mass is 146 g/mol. The molecule has 0 unspecified atom stereocenters. The van der Waals surface area contributed by atoms with E-state index in [2.05, 4.69) is 10.2 Å². The van der Waals surface area contributed by atoms with Gasteiger partial charge in [0.05, 0.1) is 12.2 Å². The molecule has 0 saturated carbocycles. The van der Waals surface area contributed by atoms with Crippen molar-refractivity contribution in [2.45, 2.75) is 6.54 Å². The lowest BCUT2D eigenvalue weighted by Gasteiger charge is -1.93. The number of rotatable bonds is 1. The fourth-order valence-corrected chi connectivity index (χ4v) is 1.07. The third-order valence-electron chi connectivity index (χ3n) is 1.66. The molecule has 2 rings (SSSR count). The molecule has 1 aromatic carbocycles. The highest BCUT2D eigenvalue weighted by atomic mass is 16.1. The number of hydrogen-bond donors (Lipinski definition) is 0. The maximum absolute atomic E-state index is 10.3. The molecular formula is C8H6N2O. The van der Waals surface area contributed by atoms with Gasteiger partial charge >= 0.3 is 0 Å². The van der Waals surface area contributed by atoms with Crippen LogP contribution in [0, 0.1) is 0 Å². The Morgan fingerprint density at radius 1 is 1.45 bits per heavy atom. The van der Waals surface area contributed by atoms with Gasteiger partial charge in [-0.1, -0.05) is 12.1 Å². The predicted molar refractivity (Wildman–Crippen MR) is 40.0 cm³/mol. The van der Waals surface area contributed by atoms with E-state index in [1.54, 1.807) is 12.1 Å². The minimum atomic E-state index is 0.647. The van der Waals surface area contributed by atoms with E-state index >= 15 is 0 Å². The molecule has 0 saturated heterocycles. The van der Waals surface area contributed by atoms with Crippen molar-refractivity contribution in [3.05, 3.63) is 29.3 Å². The van der Waals surface area contributed by atoms with E-state index in [4.69, 9.17) is 0 Å². The van der Waals surface area contributed by atoms with Crippen molar-refractivity contribution in [3.8, 4) is 0 Å². The summed E-state index contributed by atoms with van der Waals surface area (Å²) in [5.41, 5.74) is 2.58. The molecular weight excluding hydrogens is 140 g/mol. The minimum absolute atomic E-state index is 0.647. The third-order valence-corrected chi connectivity index (χ3v) is 1.66. The molecule has 1 aromatic rings. The van der Waals surface area contributed by atoms with Crippen LogP contribution in [0.15, 0.2) is 28.4 Å². The average molecular weight is 146 g/mol. The first-order valence-electron chi connectivity index (χ1n) is 3.36. The number of aldehydes is 1. The molecule has 0 bridgehead atoms. The maximum atomic E-state index is 10.3. The molecule has 0 aromatic heterocycles. The summed E-state index contributed by atoms with van der Waals surface area (Å²) in [6.45, 7) is 0.647. The molecule has 3 nitrogen and oxygen atoms in total. The van der Waals surface area contributed by atoms with Crippen molar-refractivity contribution in [1.29, 1.82) is 0 Å². The van der Waals surface area contributed by atoms with Crippen molar-refractivity contribution in [2.24, 2.45) is 10.2 Å². The Bertz CT molecular complexity index is 331. The third kappa shape index (κ3) is 0.941. The maximum Gasteiger partial charge on any atom is 0.150 e. The molecule has 0 radical (unpaired) electrons. The van der Waals surface area contributed by atoms with E-state index in [-0.39, 0.29) is 0 Å². The summed E-state index contributed by atoms with van der Waals surface area (Å²) in [6.07, 6.45) is 0.814. The first-order chi connectivity index (χ1) is 5.40. The summed E-state index contributed by atoms with van der Waals surface area (Å²) in [6, 6.07) is 5.42. The summed E-state index contributed by atoms with van der Waals surface area (Å²) in [4.78, 5) is 10.3. The summed E-state index contributed by atoms with van der Waals surface area (Å²) in [7, 11) is 0. The number of benzene rings is 1. The van der Waals surface area contributed by atoms with Gasteiger partial charge in [0.25, 0.3) is 0 Å². The lowest BCUT2D eigenvalue weighted by atomic mass is 10.1. The van der Waals surface area contributed by atoms with E-state index in [1.807, 2.05) is 6.07 Å². The van der Waals surface area contributed by atoms with Crippen LogP contribution in [-0.2, 0) is 6.54 Å². The van der Waals surface area contributed by atoms with Crippen LogP contribution in [0.5, 0.6) is 0 Å². The number of fused-ring (bicyclic) bond motifs is 1. The van der Waals surface area contributed by atoms with Crippen LogP contribution in [0.3, 0.4) is 0 Å². The summed E-state index contributed by atoms with van der Waals surface area (Å²) >= 11 is 0. The highest BCUT2D eigenvalue weighted by Gasteiger charge is 2.06. The van der Waals surface area contributed by atoms with E-state index in [9.17, 15) is 4.79 Å². The Hall–Kier alpha value is -1.51. The summed E-state index contributed by atoms with van der Waals surface area (Å²) in [5.74, 6) is 0. The van der Waals surface area contributed by atoms with E-state index in [1.165, 1.54) is 0 Å². The summed E-state index contributed by atoms with van der Waals surface area (Å²) < 4.78 is 0. The van der Waals surface area contributed by atoms with Gasteiger partial charge < -0.3 is 0 Å². The summed E-state index contributed by atoms with van der Waals surface area (Å²) in [5, 5.41) is 7.71. The normalized spacial score (nSPS) is 13.1. The van der Waals surface area contributed by atoms with Crippen LogP contribution in [-0.4, -0.2) is 6.29 Å². The first-order valence-corrected chi connectivity index (χ1v) is 3.36. The molecule has 54 valence electrons. The van der Waals surface area contributed by atoms with Gasteiger partial charge in [-0.15, -0.1) is 0 Å². The smallest absolute Gasteiger partial charge is 0.150 e. The second-order valence-corrected chi connectivity index (χ2v) is 2.41. The molecule has 0 amide bonds. The number of nitrogens with zero attached hydrogens (tertiary/aromatic N) is 2. The van der Waals surface area contributed by atoms with Crippen molar-refractivity contribution < 1.29 is 4.79 Å². The number of carbonyl (C=O) groups excluding carboxylic acids is 1. The van der Waals surface area contributed by atoms with Crippen LogP contribution in [0.4, 0.5) is 5.69 Å². The van der Waals surface area contributed by atoms with Gasteiger partial charge in [-0.3, -0.25) is 4.79 Å². The first kappa shape index (κ1) is 6.22. The van der Waals surface area contributed by atoms with Crippen LogP contribution in [0.25, 0.3) is 0 Å². The quantitative estimate of drug-likeness (QED) is 0.559. The van der Waals surface area contributed by atoms with E-state index in [0.717, 1.165) is 17.5 Å². The number of azo groups is 1. The zero-order chi connectivity index (χ0) is 7.68. The van der Waals surface area contributed by atoms with Gasteiger partial charge in [0, 0.05) is 11.1 Å². The second kappa shape index (κ2) is 2.27. The molecule has 1 aliphatic rings. The lowest BCUT2D eigenvalue weighted by molar-refractivity contribution is 0.112. The highest BCUT2D eigenvalue weighted by molar-refractivity contribution is 5.77. The molecule has 1 heterocycles. The molecule has 0 N–H and O–H groups in total. The zero-order valence-electron chi connectivity index (χ0n) is 5.82. The highest BCUT2D eigenvalue weighted by Crippen LogP contribution is 2.26. The van der Waals surface area contributed by atoms with Gasteiger partial charge in [-0.2, -0.15) is 10.2 Å². The number of hydrogen-bond acceptors (Lipinski definition) is 3. The fraction of sp³-hybridized carbons (Fsp3) is 0.125. The Labute approximate surface area is 63.8 Å². The molecule has 1 aliphatic heterocycles. The second-order valence-electron chi connectivity index (χ2n) is 2.41. The molecule has 11 heavy (non-hydrogen) atoms. The van der Waals surface area contributed by atoms with Crippen molar-refractivity contribution in [1.82, 2.24) is 0 Å². The molecule has 3 heteroatoms. The Kier molecular flexibility index (Phi) is 1.28. The van der Waals surface area contributed by atoms with Crippen LogP contribution >= 0.6 is 0 Å². The molecule has 0 atom stereocenters. The van der Waals surface area contributed by atoms with Crippen molar-refractivity contribution in [2.75, 3.05) is 0 Å².